The molecule has 0 unspecified atom stereocenters. The van der Waals surface area contributed by atoms with E-state index in [0.717, 1.165) is 24.8 Å². The maximum Gasteiger partial charge on any atom is 0.341 e. The smallest absolute Gasteiger partial charge is 0.341 e. The number of carbonyl (C=O) groups is 2. The summed E-state index contributed by atoms with van der Waals surface area (Å²) in [6, 6.07) is 0. The van der Waals surface area contributed by atoms with Crippen LogP contribution in [0.3, 0.4) is 0 Å². The number of amides is 1. The molecule has 1 aromatic heterocycles. The summed E-state index contributed by atoms with van der Waals surface area (Å²) in [5, 5.41) is 6.42. The van der Waals surface area contributed by atoms with E-state index in [1.807, 2.05) is 0 Å². The van der Waals surface area contributed by atoms with E-state index in [9.17, 15) is 9.59 Å². The number of rotatable bonds is 4. The molecule has 1 heterocycles. The number of aryl methyl sites for hydroxylation is 1. The summed E-state index contributed by atoms with van der Waals surface area (Å²) in [7, 11) is 0. The van der Waals surface area contributed by atoms with Crippen molar-refractivity contribution in [2.45, 2.75) is 39.5 Å². The molecule has 5 nitrogen and oxygen atoms in total. The van der Waals surface area contributed by atoms with Crippen molar-refractivity contribution in [3.05, 3.63) is 16.0 Å². The first-order valence-corrected chi connectivity index (χ1v) is 8.21. The average molecular weight is 326 g/mol. The van der Waals surface area contributed by atoms with Gasteiger partial charge in [0.25, 0.3) is 0 Å². The lowest BCUT2D eigenvalue weighted by Gasteiger charge is -2.10. The van der Waals surface area contributed by atoms with E-state index in [2.05, 4.69) is 10.6 Å². The van der Waals surface area contributed by atoms with Crippen molar-refractivity contribution in [1.82, 2.24) is 5.32 Å². The molecule has 0 spiro atoms. The van der Waals surface area contributed by atoms with Gasteiger partial charge in [-0.15, -0.1) is 11.3 Å². The molecule has 1 aliphatic carbocycles. The number of fused-ring (bicyclic) bond motifs is 1. The fraction of sp³-hybridized carbons (Fsp3) is 0.500. The second-order valence-electron chi connectivity index (χ2n) is 4.64. The Morgan fingerprint density at radius 1 is 1.33 bits per heavy atom. The van der Waals surface area contributed by atoms with Gasteiger partial charge in [0.2, 0.25) is 5.91 Å². The molecule has 1 amide bonds. The molecule has 1 aromatic rings. The van der Waals surface area contributed by atoms with Gasteiger partial charge in [0.05, 0.1) is 12.2 Å². The summed E-state index contributed by atoms with van der Waals surface area (Å²) in [6.45, 7) is 3.87. The number of ether oxygens (including phenoxy) is 1. The van der Waals surface area contributed by atoms with E-state index in [4.69, 9.17) is 17.0 Å². The minimum Gasteiger partial charge on any atom is -0.462 e. The molecule has 2 rings (SSSR count). The van der Waals surface area contributed by atoms with E-state index < -0.39 is 0 Å². The molecule has 0 bridgehead atoms. The number of thiocarbonyl (C=S) groups is 1. The summed E-state index contributed by atoms with van der Waals surface area (Å²) in [5.41, 5.74) is 1.63. The summed E-state index contributed by atoms with van der Waals surface area (Å²) in [6.07, 6.45) is 3.27. The summed E-state index contributed by atoms with van der Waals surface area (Å²) >= 11 is 6.62. The molecule has 0 aliphatic heterocycles. The predicted octanol–water partition coefficient (Wildman–Crippen LogP) is 2.64. The Labute approximate surface area is 133 Å². The lowest BCUT2D eigenvalue weighted by Crippen LogP contribution is -2.33. The largest absolute Gasteiger partial charge is 0.462 e. The van der Waals surface area contributed by atoms with Crippen LogP contribution in [0.15, 0.2) is 0 Å². The molecule has 0 atom stereocenters. The minimum absolute atomic E-state index is 0.158. The highest BCUT2D eigenvalue weighted by Crippen LogP contribution is 2.39. The Hall–Kier alpha value is -1.47. The molecular formula is C14H18N2O3S2. The SMILES string of the molecule is CCOC(=O)c1c(NC(=S)NC(=O)CC)sc2c1CCC2. The van der Waals surface area contributed by atoms with Crippen LogP contribution in [0, 0.1) is 0 Å². The Bertz CT molecular complexity index is 581. The van der Waals surface area contributed by atoms with Gasteiger partial charge in [-0.3, -0.25) is 4.79 Å². The molecule has 0 aromatic carbocycles. The first-order valence-electron chi connectivity index (χ1n) is 6.99. The van der Waals surface area contributed by atoms with Gasteiger partial charge in [-0.25, -0.2) is 4.79 Å². The Balaban J connectivity index is 2.21. The number of carbonyl (C=O) groups excluding carboxylic acids is 2. The highest BCUT2D eigenvalue weighted by Gasteiger charge is 2.27. The normalized spacial score (nSPS) is 12.7. The van der Waals surface area contributed by atoms with Gasteiger partial charge in [-0.1, -0.05) is 6.92 Å². The van der Waals surface area contributed by atoms with Gasteiger partial charge < -0.3 is 15.4 Å². The fourth-order valence-corrected chi connectivity index (χ4v) is 3.82. The highest BCUT2D eigenvalue weighted by atomic mass is 32.1. The zero-order chi connectivity index (χ0) is 15.4. The van der Waals surface area contributed by atoms with E-state index in [0.29, 0.717) is 23.6 Å². The number of hydrogen-bond donors (Lipinski definition) is 2. The number of esters is 1. The maximum atomic E-state index is 12.2. The molecular weight excluding hydrogens is 308 g/mol. The minimum atomic E-state index is -0.330. The first kappa shape index (κ1) is 15.9. The standard InChI is InChI=1S/C14H18N2O3S2/c1-3-10(17)15-14(20)16-12-11(13(18)19-4-2)8-6-5-7-9(8)21-12/h3-7H2,1-2H3,(H2,15,16,17,20). The van der Waals surface area contributed by atoms with Crippen molar-refractivity contribution >= 4 is 45.5 Å². The summed E-state index contributed by atoms with van der Waals surface area (Å²) in [5.74, 6) is -0.488. The van der Waals surface area contributed by atoms with Gasteiger partial charge in [0.1, 0.15) is 5.00 Å². The van der Waals surface area contributed by atoms with Gasteiger partial charge in [0.15, 0.2) is 5.11 Å². The topological polar surface area (TPSA) is 67.4 Å². The lowest BCUT2D eigenvalue weighted by atomic mass is 10.1. The summed E-state index contributed by atoms with van der Waals surface area (Å²) in [4.78, 5) is 24.7. The zero-order valence-electron chi connectivity index (χ0n) is 12.1. The van der Waals surface area contributed by atoms with Crippen molar-refractivity contribution in [3.8, 4) is 0 Å². The van der Waals surface area contributed by atoms with Crippen molar-refractivity contribution in [2.75, 3.05) is 11.9 Å². The van der Waals surface area contributed by atoms with Crippen LogP contribution in [0.1, 0.15) is 47.5 Å². The van der Waals surface area contributed by atoms with Gasteiger partial charge in [-0.05, 0) is 44.0 Å². The van der Waals surface area contributed by atoms with Crippen LogP contribution in [-0.4, -0.2) is 23.6 Å². The Morgan fingerprint density at radius 3 is 2.76 bits per heavy atom. The average Bonchev–Trinajstić information content (AvgIpc) is 2.98. The van der Waals surface area contributed by atoms with Crippen LogP contribution < -0.4 is 10.6 Å². The second-order valence-corrected chi connectivity index (χ2v) is 6.15. The van der Waals surface area contributed by atoms with Gasteiger partial charge in [0, 0.05) is 11.3 Å². The van der Waals surface area contributed by atoms with Crippen LogP contribution in [0.25, 0.3) is 0 Å². The maximum absolute atomic E-state index is 12.2. The van der Waals surface area contributed by atoms with Gasteiger partial charge in [-0.2, -0.15) is 0 Å². The lowest BCUT2D eigenvalue weighted by molar-refractivity contribution is -0.119. The van der Waals surface area contributed by atoms with E-state index in [1.165, 1.54) is 16.2 Å². The third kappa shape index (κ3) is 3.59. The number of hydrogen-bond acceptors (Lipinski definition) is 5. The Morgan fingerprint density at radius 2 is 2.10 bits per heavy atom. The van der Waals surface area contributed by atoms with Gasteiger partial charge >= 0.3 is 5.97 Å². The van der Waals surface area contributed by atoms with Crippen LogP contribution in [-0.2, 0) is 22.4 Å². The fourth-order valence-electron chi connectivity index (χ4n) is 2.26. The van der Waals surface area contributed by atoms with Crippen LogP contribution in [0.5, 0.6) is 0 Å². The molecule has 7 heteroatoms. The van der Waals surface area contributed by atoms with Crippen molar-refractivity contribution in [3.63, 3.8) is 0 Å². The first-order chi connectivity index (χ1) is 10.1. The predicted molar refractivity (Wildman–Crippen MR) is 87.0 cm³/mol. The number of thiophene rings is 1. The number of anilines is 1. The van der Waals surface area contributed by atoms with E-state index in [-0.39, 0.29) is 17.0 Å². The molecule has 21 heavy (non-hydrogen) atoms. The van der Waals surface area contributed by atoms with Crippen LogP contribution in [0.4, 0.5) is 5.00 Å². The molecule has 2 N–H and O–H groups in total. The van der Waals surface area contributed by atoms with Crippen molar-refractivity contribution in [2.24, 2.45) is 0 Å². The zero-order valence-corrected chi connectivity index (χ0v) is 13.7. The third-order valence-electron chi connectivity index (χ3n) is 3.20. The Kier molecular flexibility index (Phi) is 5.30. The van der Waals surface area contributed by atoms with Crippen molar-refractivity contribution in [1.29, 1.82) is 0 Å². The molecule has 0 saturated heterocycles. The quantitative estimate of drug-likeness (QED) is 0.658. The second kappa shape index (κ2) is 7.00. The molecule has 0 saturated carbocycles. The third-order valence-corrected chi connectivity index (χ3v) is 4.61. The van der Waals surface area contributed by atoms with Crippen LogP contribution in [0.2, 0.25) is 0 Å². The molecule has 0 radical (unpaired) electrons. The molecule has 0 fully saturated rings. The van der Waals surface area contributed by atoms with Crippen LogP contribution >= 0.6 is 23.6 Å². The van der Waals surface area contributed by atoms with Crippen molar-refractivity contribution < 1.29 is 14.3 Å². The van der Waals surface area contributed by atoms with E-state index in [1.54, 1.807) is 13.8 Å². The van der Waals surface area contributed by atoms with E-state index >= 15 is 0 Å². The highest BCUT2D eigenvalue weighted by molar-refractivity contribution is 7.80. The molecule has 1 aliphatic rings. The summed E-state index contributed by atoms with van der Waals surface area (Å²) < 4.78 is 5.13. The molecule has 114 valence electrons. The monoisotopic (exact) mass is 326 g/mol. The number of nitrogens with one attached hydrogen (secondary N) is 2.